The second-order valence-electron chi connectivity index (χ2n) is 6.99. The van der Waals surface area contributed by atoms with Crippen LogP contribution in [0.3, 0.4) is 0 Å². The molecule has 6 nitrogen and oxygen atoms in total. The Kier molecular flexibility index (Phi) is 7.42. The van der Waals surface area contributed by atoms with Crippen molar-refractivity contribution in [1.29, 1.82) is 0 Å². The highest BCUT2D eigenvalue weighted by molar-refractivity contribution is 5.91. The van der Waals surface area contributed by atoms with Crippen molar-refractivity contribution in [3.63, 3.8) is 0 Å². The number of rotatable bonds is 8. The molecule has 0 saturated heterocycles. The molecule has 0 unspecified atom stereocenters. The summed E-state index contributed by atoms with van der Waals surface area (Å²) in [5, 5.41) is 0. The van der Waals surface area contributed by atoms with Crippen molar-refractivity contribution >= 4 is 11.5 Å². The maximum atomic E-state index is 12.3. The van der Waals surface area contributed by atoms with E-state index in [4.69, 9.17) is 13.9 Å². The highest BCUT2D eigenvalue weighted by Crippen LogP contribution is 2.28. The fraction of sp³-hybridized carbons (Fsp3) is 0.250. The van der Waals surface area contributed by atoms with Crippen molar-refractivity contribution in [3.05, 3.63) is 71.6 Å². The number of carbonyl (C=O) groups is 1. The molecule has 0 atom stereocenters. The summed E-state index contributed by atoms with van der Waals surface area (Å²) < 4.78 is 57.2. The van der Waals surface area contributed by atoms with Crippen LogP contribution in [-0.4, -0.2) is 23.9 Å². The fourth-order valence-corrected chi connectivity index (χ4v) is 2.91. The molecule has 0 aliphatic rings. The van der Waals surface area contributed by atoms with Crippen molar-refractivity contribution < 1.29 is 36.6 Å². The topological polar surface area (TPSA) is 70.8 Å². The summed E-state index contributed by atoms with van der Waals surface area (Å²) in [4.78, 5) is 16.0. The number of ether oxygens (including phenoxy) is 3. The van der Waals surface area contributed by atoms with Gasteiger partial charge in [-0.05, 0) is 68.3 Å². The molecule has 9 heteroatoms. The molecule has 3 aromatic rings. The first-order valence-electron chi connectivity index (χ1n) is 10.1. The van der Waals surface area contributed by atoms with Crippen LogP contribution in [0.4, 0.5) is 13.2 Å². The third-order valence-electron chi connectivity index (χ3n) is 4.51. The number of aromatic nitrogens is 1. The van der Waals surface area contributed by atoms with E-state index in [1.807, 2.05) is 6.07 Å². The van der Waals surface area contributed by atoms with Crippen LogP contribution in [0.1, 0.15) is 30.9 Å². The van der Waals surface area contributed by atoms with Gasteiger partial charge in [-0.2, -0.15) is 0 Å². The molecule has 1 heterocycles. The Morgan fingerprint density at radius 3 is 2.52 bits per heavy atom. The standard InChI is InChI=1S/C24H22F3NO5/c1-4-30-22(29)12-15(2)18-6-5-7-20(13-18)31-14-21-16(3)32-23(28-21)17-8-10-19(11-9-17)33-24(25,26)27/h5-13H,4,14H2,1-3H3/b15-12+. The number of alkyl halides is 3. The van der Waals surface area contributed by atoms with E-state index in [-0.39, 0.29) is 18.2 Å². The molecule has 0 fully saturated rings. The van der Waals surface area contributed by atoms with Crippen molar-refractivity contribution in [2.75, 3.05) is 6.61 Å². The van der Waals surface area contributed by atoms with Gasteiger partial charge in [0.25, 0.3) is 0 Å². The summed E-state index contributed by atoms with van der Waals surface area (Å²) in [6, 6.07) is 12.5. The van der Waals surface area contributed by atoms with E-state index in [1.54, 1.807) is 39.0 Å². The number of allylic oxidation sites excluding steroid dienone is 1. The lowest BCUT2D eigenvalue weighted by molar-refractivity contribution is -0.274. The molecule has 2 aromatic carbocycles. The third-order valence-corrected chi connectivity index (χ3v) is 4.51. The average molecular weight is 461 g/mol. The number of nitrogens with zero attached hydrogens (tertiary/aromatic N) is 1. The first kappa shape index (κ1) is 23.9. The SMILES string of the molecule is CCOC(=O)/C=C(\C)c1cccc(OCc2nc(-c3ccc(OC(F)(F)F)cc3)oc2C)c1. The van der Waals surface area contributed by atoms with Gasteiger partial charge in [0.1, 0.15) is 29.6 Å². The number of halogens is 3. The first-order valence-corrected chi connectivity index (χ1v) is 10.1. The minimum Gasteiger partial charge on any atom is -0.487 e. The van der Waals surface area contributed by atoms with Gasteiger partial charge < -0.3 is 18.6 Å². The second-order valence-corrected chi connectivity index (χ2v) is 6.99. The van der Waals surface area contributed by atoms with Gasteiger partial charge >= 0.3 is 12.3 Å². The molecule has 0 N–H and O–H groups in total. The molecular formula is C24H22F3NO5. The smallest absolute Gasteiger partial charge is 0.487 e. The lowest BCUT2D eigenvalue weighted by Gasteiger charge is -2.08. The molecule has 1 aromatic heterocycles. The molecule has 33 heavy (non-hydrogen) atoms. The lowest BCUT2D eigenvalue weighted by atomic mass is 10.1. The minimum absolute atomic E-state index is 0.120. The van der Waals surface area contributed by atoms with Crippen LogP contribution >= 0.6 is 0 Å². The van der Waals surface area contributed by atoms with Gasteiger partial charge in [0, 0.05) is 11.6 Å². The number of benzene rings is 2. The molecular weight excluding hydrogens is 439 g/mol. The van der Waals surface area contributed by atoms with E-state index >= 15 is 0 Å². The Labute approximate surface area is 188 Å². The molecule has 0 aliphatic heterocycles. The van der Waals surface area contributed by atoms with E-state index in [9.17, 15) is 18.0 Å². The summed E-state index contributed by atoms with van der Waals surface area (Å²) >= 11 is 0. The Hall–Kier alpha value is -3.75. The molecule has 0 spiro atoms. The molecule has 3 rings (SSSR count). The monoisotopic (exact) mass is 461 g/mol. The lowest BCUT2D eigenvalue weighted by Crippen LogP contribution is -2.16. The summed E-state index contributed by atoms with van der Waals surface area (Å²) in [6.45, 7) is 5.68. The van der Waals surface area contributed by atoms with E-state index in [2.05, 4.69) is 9.72 Å². The molecule has 174 valence electrons. The van der Waals surface area contributed by atoms with Crippen LogP contribution in [0.15, 0.2) is 59.0 Å². The summed E-state index contributed by atoms with van der Waals surface area (Å²) in [5.74, 6) is 0.610. The predicted octanol–water partition coefficient (Wildman–Crippen LogP) is 6.09. The maximum absolute atomic E-state index is 12.3. The van der Waals surface area contributed by atoms with E-state index in [0.717, 1.165) is 11.1 Å². The minimum atomic E-state index is -4.75. The Morgan fingerprint density at radius 1 is 1.12 bits per heavy atom. The van der Waals surface area contributed by atoms with Gasteiger partial charge in [-0.25, -0.2) is 9.78 Å². The third kappa shape index (κ3) is 6.86. The number of esters is 1. The van der Waals surface area contributed by atoms with Gasteiger partial charge in [0.2, 0.25) is 5.89 Å². The van der Waals surface area contributed by atoms with Gasteiger partial charge in [-0.3, -0.25) is 0 Å². The molecule has 0 aliphatic carbocycles. The number of hydrogen-bond acceptors (Lipinski definition) is 6. The number of aryl methyl sites for hydroxylation is 1. The van der Waals surface area contributed by atoms with Crippen LogP contribution in [0.25, 0.3) is 17.0 Å². The second kappa shape index (κ2) is 10.2. The summed E-state index contributed by atoms with van der Waals surface area (Å²) in [7, 11) is 0. The van der Waals surface area contributed by atoms with Gasteiger partial charge in [-0.15, -0.1) is 13.2 Å². The van der Waals surface area contributed by atoms with Crippen molar-refractivity contribution in [2.45, 2.75) is 33.7 Å². The first-order chi connectivity index (χ1) is 15.6. The van der Waals surface area contributed by atoms with Gasteiger partial charge in [0.15, 0.2) is 0 Å². The summed E-state index contributed by atoms with van der Waals surface area (Å²) in [5.41, 5.74) is 2.58. The van der Waals surface area contributed by atoms with Crippen molar-refractivity contribution in [2.24, 2.45) is 0 Å². The fourth-order valence-electron chi connectivity index (χ4n) is 2.91. The zero-order chi connectivity index (χ0) is 24.0. The number of hydrogen-bond donors (Lipinski definition) is 0. The normalized spacial score (nSPS) is 11.9. The van der Waals surface area contributed by atoms with Crippen LogP contribution in [0.2, 0.25) is 0 Å². The highest BCUT2D eigenvalue weighted by atomic mass is 19.4. The maximum Gasteiger partial charge on any atom is 0.573 e. The molecule has 0 radical (unpaired) electrons. The predicted molar refractivity (Wildman–Crippen MR) is 114 cm³/mol. The quantitative estimate of drug-likeness (QED) is 0.298. The van der Waals surface area contributed by atoms with E-state index in [0.29, 0.717) is 29.4 Å². The van der Waals surface area contributed by atoms with Crippen LogP contribution in [0, 0.1) is 6.92 Å². The molecule has 0 bridgehead atoms. The summed E-state index contributed by atoms with van der Waals surface area (Å²) in [6.07, 6.45) is -3.34. The average Bonchev–Trinajstić information content (AvgIpc) is 3.12. The van der Waals surface area contributed by atoms with E-state index < -0.39 is 12.3 Å². The van der Waals surface area contributed by atoms with Crippen molar-refractivity contribution in [1.82, 2.24) is 4.98 Å². The van der Waals surface area contributed by atoms with Crippen LogP contribution in [-0.2, 0) is 16.1 Å². The van der Waals surface area contributed by atoms with Crippen LogP contribution < -0.4 is 9.47 Å². The Bertz CT molecular complexity index is 1130. The number of carbonyl (C=O) groups excluding carboxylic acids is 1. The van der Waals surface area contributed by atoms with E-state index in [1.165, 1.54) is 30.3 Å². The van der Waals surface area contributed by atoms with Gasteiger partial charge in [0.05, 0.1) is 6.61 Å². The Balaban J connectivity index is 1.68. The Morgan fingerprint density at radius 2 is 1.85 bits per heavy atom. The largest absolute Gasteiger partial charge is 0.573 e. The molecule has 0 saturated carbocycles. The highest BCUT2D eigenvalue weighted by Gasteiger charge is 2.31. The zero-order valence-electron chi connectivity index (χ0n) is 18.2. The van der Waals surface area contributed by atoms with Crippen molar-refractivity contribution in [3.8, 4) is 23.0 Å². The van der Waals surface area contributed by atoms with Crippen LogP contribution in [0.5, 0.6) is 11.5 Å². The molecule has 0 amide bonds. The van der Waals surface area contributed by atoms with Gasteiger partial charge in [-0.1, -0.05) is 12.1 Å². The zero-order valence-corrected chi connectivity index (χ0v) is 18.2. The number of oxazole rings is 1.